The van der Waals surface area contributed by atoms with E-state index in [4.69, 9.17) is 15.6 Å². The Kier molecular flexibility index (Phi) is 5.58. The molecule has 0 spiro atoms. The van der Waals surface area contributed by atoms with Crippen LogP contribution >= 0.6 is 0 Å². The lowest BCUT2D eigenvalue weighted by Gasteiger charge is -2.05. The average molecular weight is 245 g/mol. The molecule has 0 unspecified atom stereocenters. The molecule has 0 aliphatic carbocycles. The van der Waals surface area contributed by atoms with Gasteiger partial charge in [-0.05, 0) is 48.5 Å². The molecule has 3 nitrogen and oxygen atoms in total. The molecule has 2 aromatic carbocycles. The van der Waals surface area contributed by atoms with Gasteiger partial charge in [0.05, 0.1) is 0 Å². The van der Waals surface area contributed by atoms with Crippen LogP contribution < -0.4 is 10.5 Å². The van der Waals surface area contributed by atoms with Crippen LogP contribution in [-0.2, 0) is 0 Å². The van der Waals surface area contributed by atoms with E-state index in [0.29, 0.717) is 11.4 Å². The number of hydrogen-bond acceptors (Lipinski definition) is 3. The molecule has 0 bridgehead atoms. The van der Waals surface area contributed by atoms with Crippen LogP contribution in [0.1, 0.15) is 20.3 Å². The predicted octanol–water partition coefficient (Wildman–Crippen LogP) is 4.18. The first-order valence-electron chi connectivity index (χ1n) is 5.98. The molecule has 0 radical (unpaired) electrons. The summed E-state index contributed by atoms with van der Waals surface area (Å²) < 4.78 is 5.52. The Labute approximate surface area is 108 Å². The van der Waals surface area contributed by atoms with Gasteiger partial charge in [0, 0.05) is 5.69 Å². The zero-order valence-electron chi connectivity index (χ0n) is 10.8. The van der Waals surface area contributed by atoms with E-state index >= 15 is 0 Å². The van der Waals surface area contributed by atoms with Crippen molar-refractivity contribution in [1.29, 1.82) is 0 Å². The number of ether oxygens (including phenoxy) is 1. The third-order valence-corrected chi connectivity index (χ3v) is 1.95. The molecule has 0 atom stereocenters. The Morgan fingerprint density at radius 3 is 1.72 bits per heavy atom. The average Bonchev–Trinajstić information content (AvgIpc) is 2.36. The number of anilines is 1. The van der Waals surface area contributed by atoms with E-state index < -0.39 is 0 Å². The van der Waals surface area contributed by atoms with Crippen LogP contribution in [0.15, 0.2) is 48.5 Å². The lowest BCUT2D eigenvalue weighted by atomic mass is 10.3. The highest BCUT2D eigenvalue weighted by Crippen LogP contribution is 2.23. The maximum atomic E-state index is 9.09. The molecule has 0 saturated carbocycles. The number of rotatable bonds is 2. The van der Waals surface area contributed by atoms with Crippen molar-refractivity contribution in [2.24, 2.45) is 0 Å². The molecule has 2 rings (SSSR count). The van der Waals surface area contributed by atoms with Crippen LogP contribution in [0, 0.1) is 0 Å². The van der Waals surface area contributed by atoms with Gasteiger partial charge in [-0.25, -0.2) is 0 Å². The monoisotopic (exact) mass is 245 g/mol. The van der Waals surface area contributed by atoms with Gasteiger partial charge in [0.1, 0.15) is 17.2 Å². The second-order valence-electron chi connectivity index (χ2n) is 3.87. The third-order valence-electron chi connectivity index (χ3n) is 1.95. The van der Waals surface area contributed by atoms with Gasteiger partial charge in [-0.15, -0.1) is 0 Å². The molecule has 0 heterocycles. The maximum Gasteiger partial charge on any atom is 0.127 e. The zero-order chi connectivity index (χ0) is 13.4. The van der Waals surface area contributed by atoms with E-state index in [1.54, 1.807) is 48.5 Å². The van der Waals surface area contributed by atoms with Crippen LogP contribution in [0.3, 0.4) is 0 Å². The van der Waals surface area contributed by atoms with Crippen molar-refractivity contribution in [1.82, 2.24) is 0 Å². The van der Waals surface area contributed by atoms with Crippen LogP contribution in [0.4, 0.5) is 5.69 Å². The first-order chi connectivity index (χ1) is 8.65. The normalized spacial score (nSPS) is 9.22. The third kappa shape index (κ3) is 4.78. The van der Waals surface area contributed by atoms with Gasteiger partial charge < -0.3 is 15.6 Å². The Morgan fingerprint density at radius 2 is 1.28 bits per heavy atom. The Hall–Kier alpha value is -2.16. The molecule has 2 aromatic rings. The summed E-state index contributed by atoms with van der Waals surface area (Å²) in [6, 6.07) is 13.7. The lowest BCUT2D eigenvalue weighted by Crippen LogP contribution is -1.86. The highest BCUT2D eigenvalue weighted by Gasteiger charge is 1.96. The van der Waals surface area contributed by atoms with Gasteiger partial charge in [0.2, 0.25) is 0 Å². The van der Waals surface area contributed by atoms with Crippen molar-refractivity contribution in [2.45, 2.75) is 20.3 Å². The summed E-state index contributed by atoms with van der Waals surface area (Å²) in [7, 11) is 0. The van der Waals surface area contributed by atoms with Gasteiger partial charge in [0.25, 0.3) is 0 Å². The molecule has 0 saturated heterocycles. The molecule has 0 aromatic heterocycles. The minimum atomic E-state index is 0.222. The molecule has 0 fully saturated rings. The van der Waals surface area contributed by atoms with E-state index in [1.807, 2.05) is 0 Å². The number of nitrogen functional groups attached to an aromatic ring is 1. The summed E-state index contributed by atoms with van der Waals surface area (Å²) in [6.07, 6.45) is 1.25. The lowest BCUT2D eigenvalue weighted by molar-refractivity contribution is 0.464. The van der Waals surface area contributed by atoms with Crippen LogP contribution in [0.2, 0.25) is 0 Å². The van der Waals surface area contributed by atoms with Crippen molar-refractivity contribution < 1.29 is 9.84 Å². The summed E-state index contributed by atoms with van der Waals surface area (Å²) in [5.74, 6) is 1.62. The second-order valence-corrected chi connectivity index (χ2v) is 3.87. The topological polar surface area (TPSA) is 55.5 Å². The van der Waals surface area contributed by atoms with Crippen LogP contribution in [-0.4, -0.2) is 5.11 Å². The molecule has 96 valence electrons. The maximum absolute atomic E-state index is 9.09. The molecule has 0 aliphatic heterocycles. The van der Waals surface area contributed by atoms with E-state index in [2.05, 4.69) is 13.8 Å². The van der Waals surface area contributed by atoms with E-state index in [-0.39, 0.29) is 5.75 Å². The molecule has 18 heavy (non-hydrogen) atoms. The first-order valence-corrected chi connectivity index (χ1v) is 5.98. The van der Waals surface area contributed by atoms with Gasteiger partial charge >= 0.3 is 0 Å². The largest absolute Gasteiger partial charge is 0.508 e. The number of aromatic hydroxyl groups is 1. The molecule has 0 aliphatic rings. The number of nitrogens with two attached hydrogens (primary N) is 1. The second kappa shape index (κ2) is 7.22. The van der Waals surface area contributed by atoms with Crippen LogP contribution in [0.5, 0.6) is 17.2 Å². The fourth-order valence-electron chi connectivity index (χ4n) is 1.19. The van der Waals surface area contributed by atoms with Gasteiger partial charge in [-0.2, -0.15) is 0 Å². The number of phenolic OH excluding ortho intramolecular Hbond substituents is 1. The van der Waals surface area contributed by atoms with Crippen molar-refractivity contribution in [3.63, 3.8) is 0 Å². The quantitative estimate of drug-likeness (QED) is 0.780. The van der Waals surface area contributed by atoms with Crippen molar-refractivity contribution in [2.75, 3.05) is 5.73 Å². The number of hydrogen-bond donors (Lipinski definition) is 2. The molecule has 0 amide bonds. The predicted molar refractivity (Wildman–Crippen MR) is 75.0 cm³/mol. The number of benzene rings is 2. The minimum absolute atomic E-state index is 0.222. The van der Waals surface area contributed by atoms with E-state index in [1.165, 1.54) is 6.42 Å². The Morgan fingerprint density at radius 1 is 0.889 bits per heavy atom. The van der Waals surface area contributed by atoms with Gasteiger partial charge in [0.15, 0.2) is 0 Å². The van der Waals surface area contributed by atoms with Crippen LogP contribution in [0.25, 0.3) is 0 Å². The summed E-state index contributed by atoms with van der Waals surface area (Å²) in [6.45, 7) is 4.25. The summed E-state index contributed by atoms with van der Waals surface area (Å²) in [4.78, 5) is 0. The summed E-state index contributed by atoms with van der Waals surface area (Å²) in [5, 5.41) is 9.09. The Bertz CT molecular complexity index is 405. The smallest absolute Gasteiger partial charge is 0.127 e. The van der Waals surface area contributed by atoms with E-state index in [9.17, 15) is 0 Å². The summed E-state index contributed by atoms with van der Waals surface area (Å²) in [5.41, 5.74) is 6.25. The number of phenols is 1. The highest BCUT2D eigenvalue weighted by molar-refractivity contribution is 5.43. The van der Waals surface area contributed by atoms with Crippen molar-refractivity contribution >= 4 is 5.69 Å². The van der Waals surface area contributed by atoms with Crippen molar-refractivity contribution in [3.8, 4) is 17.2 Å². The van der Waals surface area contributed by atoms with Gasteiger partial charge in [-0.1, -0.05) is 20.3 Å². The SMILES string of the molecule is CCC.Nc1ccc(Oc2ccc(O)cc2)cc1. The van der Waals surface area contributed by atoms with Crippen molar-refractivity contribution in [3.05, 3.63) is 48.5 Å². The molecule has 3 N–H and O–H groups in total. The zero-order valence-corrected chi connectivity index (χ0v) is 10.8. The standard InChI is InChI=1S/C12H11NO2.C3H8/c13-9-1-5-11(6-2-9)15-12-7-3-10(14)4-8-12;1-3-2/h1-8,14H,13H2;3H2,1-2H3. The summed E-state index contributed by atoms with van der Waals surface area (Å²) >= 11 is 0. The molecular weight excluding hydrogens is 226 g/mol. The fraction of sp³-hybridized carbons (Fsp3) is 0.200. The Balaban J connectivity index is 0.000000492. The molecular formula is C15H19NO2. The first kappa shape index (κ1) is 13.9. The molecule has 3 heteroatoms. The minimum Gasteiger partial charge on any atom is -0.508 e. The highest BCUT2D eigenvalue weighted by atomic mass is 16.5. The van der Waals surface area contributed by atoms with Gasteiger partial charge in [-0.3, -0.25) is 0 Å². The fourth-order valence-corrected chi connectivity index (χ4v) is 1.19. The van der Waals surface area contributed by atoms with E-state index in [0.717, 1.165) is 5.75 Å².